The summed E-state index contributed by atoms with van der Waals surface area (Å²) in [4.78, 5) is 25.4. The van der Waals surface area contributed by atoms with Crippen molar-refractivity contribution in [2.45, 2.75) is 6.54 Å². The first kappa shape index (κ1) is 16.7. The van der Waals surface area contributed by atoms with Gasteiger partial charge in [0.2, 0.25) is 5.91 Å². The van der Waals surface area contributed by atoms with Crippen molar-refractivity contribution in [1.29, 1.82) is 0 Å². The van der Waals surface area contributed by atoms with Crippen LogP contribution in [0.1, 0.15) is 0 Å². The highest BCUT2D eigenvalue weighted by Gasteiger charge is 2.17. The Hall–Kier alpha value is -2.68. The monoisotopic (exact) mass is 339 g/mol. The van der Waals surface area contributed by atoms with Crippen LogP contribution in [0, 0.1) is 10.6 Å². The first-order valence-corrected chi connectivity index (χ1v) is 6.82. The van der Waals surface area contributed by atoms with Crippen molar-refractivity contribution in [1.82, 2.24) is 9.55 Å². The maximum atomic E-state index is 14.1. The summed E-state index contributed by atoms with van der Waals surface area (Å²) in [6.07, 6.45) is 0. The van der Waals surface area contributed by atoms with Gasteiger partial charge in [0.25, 0.3) is 5.56 Å². The van der Waals surface area contributed by atoms with Gasteiger partial charge >= 0.3 is 0 Å². The number of methoxy groups -OCH3 is 2. The SMILES string of the molecule is COc1cc(OC)c(-c2cc(=O)[nH]c(=S)n2CC(N)=O)cc1F. The highest BCUT2D eigenvalue weighted by atomic mass is 32.1. The number of ether oxygens (including phenoxy) is 2. The molecule has 7 nitrogen and oxygen atoms in total. The number of benzene rings is 1. The molecule has 1 aromatic heterocycles. The molecule has 0 unspecified atom stereocenters. The first-order chi connectivity index (χ1) is 10.9. The van der Waals surface area contributed by atoms with Gasteiger partial charge in [-0.1, -0.05) is 0 Å². The first-order valence-electron chi connectivity index (χ1n) is 6.41. The summed E-state index contributed by atoms with van der Waals surface area (Å²) < 4.78 is 25.4. The minimum atomic E-state index is -0.664. The zero-order chi connectivity index (χ0) is 17.1. The molecule has 0 radical (unpaired) electrons. The van der Waals surface area contributed by atoms with Crippen molar-refractivity contribution in [3.05, 3.63) is 39.1 Å². The van der Waals surface area contributed by atoms with Crippen LogP contribution in [0.3, 0.4) is 0 Å². The van der Waals surface area contributed by atoms with Crippen LogP contribution in [-0.2, 0) is 11.3 Å². The topological polar surface area (TPSA) is 99.3 Å². The van der Waals surface area contributed by atoms with Gasteiger partial charge in [0.15, 0.2) is 16.3 Å². The summed E-state index contributed by atoms with van der Waals surface area (Å²) >= 11 is 5.05. The number of carbonyl (C=O) groups is 1. The normalized spacial score (nSPS) is 10.4. The average molecular weight is 339 g/mol. The molecule has 0 aliphatic heterocycles. The molecular weight excluding hydrogens is 325 g/mol. The van der Waals surface area contributed by atoms with E-state index in [9.17, 15) is 14.0 Å². The lowest BCUT2D eigenvalue weighted by Crippen LogP contribution is -2.23. The van der Waals surface area contributed by atoms with Crippen LogP contribution in [0.25, 0.3) is 11.3 Å². The summed E-state index contributed by atoms with van der Waals surface area (Å²) in [5.41, 5.74) is 5.15. The number of halogens is 1. The summed E-state index contributed by atoms with van der Waals surface area (Å²) in [5, 5.41) is 0. The van der Waals surface area contributed by atoms with Gasteiger partial charge in [-0.05, 0) is 18.3 Å². The van der Waals surface area contributed by atoms with Gasteiger partial charge in [-0.3, -0.25) is 14.6 Å². The fourth-order valence-electron chi connectivity index (χ4n) is 2.12. The molecule has 0 aliphatic carbocycles. The molecule has 0 bridgehead atoms. The summed E-state index contributed by atoms with van der Waals surface area (Å²) in [6, 6.07) is 3.66. The Kier molecular flexibility index (Phi) is 4.80. The third-order valence-electron chi connectivity index (χ3n) is 3.10. The van der Waals surface area contributed by atoms with Crippen molar-refractivity contribution in [2.75, 3.05) is 14.2 Å². The number of rotatable bonds is 5. The number of carbonyl (C=O) groups excluding carboxylic acids is 1. The Bertz CT molecular complexity index is 875. The minimum Gasteiger partial charge on any atom is -0.496 e. The molecule has 2 aromatic rings. The number of hydrogen-bond acceptors (Lipinski definition) is 5. The molecular formula is C14H14FN3O4S. The van der Waals surface area contributed by atoms with Gasteiger partial charge in [0, 0.05) is 17.7 Å². The highest BCUT2D eigenvalue weighted by Crippen LogP contribution is 2.34. The Balaban J connectivity index is 2.80. The number of H-pyrrole nitrogens is 1. The molecule has 2 rings (SSSR count). The molecule has 122 valence electrons. The van der Waals surface area contributed by atoms with E-state index < -0.39 is 17.3 Å². The fourth-order valence-corrected chi connectivity index (χ4v) is 2.38. The molecule has 0 saturated heterocycles. The third-order valence-corrected chi connectivity index (χ3v) is 3.42. The van der Waals surface area contributed by atoms with E-state index in [1.807, 2.05) is 0 Å². The van der Waals surface area contributed by atoms with Crippen LogP contribution in [0.5, 0.6) is 11.5 Å². The zero-order valence-electron chi connectivity index (χ0n) is 12.4. The van der Waals surface area contributed by atoms with Crippen LogP contribution in [-0.4, -0.2) is 29.7 Å². The van der Waals surface area contributed by atoms with Crippen LogP contribution in [0.15, 0.2) is 23.0 Å². The predicted molar refractivity (Wildman–Crippen MR) is 83.6 cm³/mol. The van der Waals surface area contributed by atoms with Gasteiger partial charge in [-0.25, -0.2) is 4.39 Å². The predicted octanol–water partition coefficient (Wildman–Crippen LogP) is 1.21. The van der Waals surface area contributed by atoms with E-state index in [0.717, 1.165) is 6.07 Å². The average Bonchev–Trinajstić information content (AvgIpc) is 2.49. The standard InChI is InChI=1S/C14H14FN3O4S/c1-21-10-5-11(22-2)8(15)3-7(10)9-4-13(20)17-14(23)18(9)6-12(16)19/h3-5H,6H2,1-2H3,(H2,16,19)(H,17,20,23). The molecule has 0 saturated carbocycles. The lowest BCUT2D eigenvalue weighted by atomic mass is 10.1. The van der Waals surface area contributed by atoms with Gasteiger partial charge in [0.05, 0.1) is 19.9 Å². The van der Waals surface area contributed by atoms with Crippen LogP contribution >= 0.6 is 12.2 Å². The van der Waals surface area contributed by atoms with E-state index >= 15 is 0 Å². The molecule has 0 fully saturated rings. The van der Waals surface area contributed by atoms with Crippen molar-refractivity contribution < 1.29 is 18.7 Å². The van der Waals surface area contributed by atoms with E-state index in [1.54, 1.807) is 0 Å². The molecule has 23 heavy (non-hydrogen) atoms. The highest BCUT2D eigenvalue weighted by molar-refractivity contribution is 7.71. The molecule has 0 aliphatic rings. The largest absolute Gasteiger partial charge is 0.496 e. The molecule has 0 atom stereocenters. The number of aromatic nitrogens is 2. The van der Waals surface area contributed by atoms with E-state index in [0.29, 0.717) is 0 Å². The summed E-state index contributed by atoms with van der Waals surface area (Å²) in [5.74, 6) is -1.08. The van der Waals surface area contributed by atoms with Gasteiger partial charge in [-0.2, -0.15) is 0 Å². The molecule has 0 spiro atoms. The number of nitrogens with two attached hydrogens (primary N) is 1. The Labute approximate surface area is 135 Å². The molecule has 9 heteroatoms. The van der Waals surface area contributed by atoms with Crippen molar-refractivity contribution in [3.8, 4) is 22.8 Å². The van der Waals surface area contributed by atoms with Crippen molar-refractivity contribution in [2.24, 2.45) is 5.73 Å². The second-order valence-electron chi connectivity index (χ2n) is 4.56. The lowest BCUT2D eigenvalue weighted by Gasteiger charge is -2.16. The lowest BCUT2D eigenvalue weighted by molar-refractivity contribution is -0.118. The molecule has 1 heterocycles. The van der Waals surface area contributed by atoms with Gasteiger partial charge < -0.3 is 19.8 Å². The van der Waals surface area contributed by atoms with Crippen LogP contribution < -0.4 is 20.8 Å². The number of amides is 1. The Morgan fingerprint density at radius 1 is 1.30 bits per heavy atom. The maximum absolute atomic E-state index is 14.1. The minimum absolute atomic E-state index is 0.00965. The maximum Gasteiger partial charge on any atom is 0.252 e. The fraction of sp³-hybridized carbons (Fsp3) is 0.214. The molecule has 1 amide bonds. The third kappa shape index (κ3) is 3.39. The van der Waals surface area contributed by atoms with Gasteiger partial charge in [0.1, 0.15) is 12.3 Å². The smallest absolute Gasteiger partial charge is 0.252 e. The number of primary amides is 1. The van der Waals surface area contributed by atoms with E-state index in [1.165, 1.54) is 30.9 Å². The number of nitrogens with zero attached hydrogens (tertiary/aromatic N) is 1. The number of aromatic amines is 1. The second kappa shape index (κ2) is 6.61. The van der Waals surface area contributed by atoms with E-state index in [-0.39, 0.29) is 34.1 Å². The van der Waals surface area contributed by atoms with Crippen LogP contribution in [0.4, 0.5) is 4.39 Å². The van der Waals surface area contributed by atoms with Crippen molar-refractivity contribution >= 4 is 18.1 Å². The molecule has 1 aromatic carbocycles. The van der Waals surface area contributed by atoms with Gasteiger partial charge in [-0.15, -0.1) is 0 Å². The van der Waals surface area contributed by atoms with Crippen molar-refractivity contribution in [3.63, 3.8) is 0 Å². The van der Waals surface area contributed by atoms with Crippen LogP contribution in [0.2, 0.25) is 0 Å². The van der Waals surface area contributed by atoms with E-state index in [4.69, 9.17) is 27.4 Å². The Morgan fingerprint density at radius 2 is 1.96 bits per heavy atom. The number of nitrogens with one attached hydrogen (secondary N) is 1. The molecule has 3 N–H and O–H groups in total. The summed E-state index contributed by atoms with van der Waals surface area (Å²) in [6.45, 7) is -0.276. The number of hydrogen-bond donors (Lipinski definition) is 2. The zero-order valence-corrected chi connectivity index (χ0v) is 13.2. The quantitative estimate of drug-likeness (QED) is 0.798. The Morgan fingerprint density at radius 3 is 2.52 bits per heavy atom. The van der Waals surface area contributed by atoms with E-state index in [2.05, 4.69) is 4.98 Å². The second-order valence-corrected chi connectivity index (χ2v) is 4.95. The summed E-state index contributed by atoms with van der Waals surface area (Å²) in [7, 11) is 2.70.